The molecule has 1 fully saturated rings. The molecule has 2 N–H and O–H groups in total. The van der Waals surface area contributed by atoms with E-state index < -0.39 is 4.92 Å². The van der Waals surface area contributed by atoms with E-state index >= 15 is 0 Å². The first-order valence-electron chi connectivity index (χ1n) is 6.14. The first kappa shape index (κ1) is 13.3. The van der Waals surface area contributed by atoms with E-state index in [1.807, 2.05) is 0 Å². The molecule has 102 valence electrons. The molecule has 0 bridgehead atoms. The van der Waals surface area contributed by atoms with Crippen LogP contribution in [0.1, 0.15) is 0 Å². The number of nitrogens with one attached hydrogen (secondary N) is 2. The quantitative estimate of drug-likeness (QED) is 0.608. The Kier molecular flexibility index (Phi) is 4.30. The van der Waals surface area contributed by atoms with Gasteiger partial charge in [0.25, 0.3) is 5.69 Å². The smallest absolute Gasteiger partial charge is 0.292 e. The fraction of sp³-hybridized carbons (Fsp3) is 0.417. The Hall–Kier alpha value is -2.15. The van der Waals surface area contributed by atoms with Crippen LogP contribution in [0, 0.1) is 10.1 Å². The zero-order valence-corrected chi connectivity index (χ0v) is 10.5. The molecule has 1 aromatic rings. The van der Waals surface area contributed by atoms with Gasteiger partial charge in [0, 0.05) is 32.2 Å². The molecule has 7 nitrogen and oxygen atoms in total. The summed E-state index contributed by atoms with van der Waals surface area (Å²) in [6.45, 7) is 3.01. The van der Waals surface area contributed by atoms with E-state index in [2.05, 4.69) is 10.6 Å². The number of para-hydroxylation sites is 2. The number of carbonyl (C=O) groups is 1. The SMILES string of the molecule is O=C(CNc1ccccc1[N+](=O)[O-])N1CCNCC1. The van der Waals surface area contributed by atoms with Crippen LogP contribution in [-0.4, -0.2) is 48.5 Å². The number of piperazine rings is 1. The van der Waals surface area contributed by atoms with Crippen LogP contribution in [0.25, 0.3) is 0 Å². The summed E-state index contributed by atoms with van der Waals surface area (Å²) in [5.74, 6) is -0.0420. The second-order valence-electron chi connectivity index (χ2n) is 4.26. The van der Waals surface area contributed by atoms with Gasteiger partial charge in [-0.15, -0.1) is 0 Å². The molecule has 1 amide bonds. The lowest BCUT2D eigenvalue weighted by atomic mass is 10.2. The second kappa shape index (κ2) is 6.14. The molecule has 0 radical (unpaired) electrons. The normalized spacial score (nSPS) is 15.1. The van der Waals surface area contributed by atoms with Crippen LogP contribution in [0.15, 0.2) is 24.3 Å². The maximum absolute atomic E-state index is 11.9. The molecule has 1 aliphatic rings. The van der Waals surface area contributed by atoms with Gasteiger partial charge in [-0.2, -0.15) is 0 Å². The van der Waals surface area contributed by atoms with Crippen molar-refractivity contribution in [1.82, 2.24) is 10.2 Å². The topological polar surface area (TPSA) is 87.5 Å². The van der Waals surface area contributed by atoms with Crippen molar-refractivity contribution in [3.63, 3.8) is 0 Å². The molecule has 0 aliphatic carbocycles. The zero-order valence-electron chi connectivity index (χ0n) is 10.5. The van der Waals surface area contributed by atoms with Crippen LogP contribution in [-0.2, 0) is 4.79 Å². The highest BCUT2D eigenvalue weighted by Crippen LogP contribution is 2.22. The molecular weight excluding hydrogens is 248 g/mol. The summed E-state index contributed by atoms with van der Waals surface area (Å²) in [4.78, 5) is 24.0. The molecule has 7 heteroatoms. The monoisotopic (exact) mass is 264 g/mol. The van der Waals surface area contributed by atoms with Crippen LogP contribution in [0.4, 0.5) is 11.4 Å². The van der Waals surface area contributed by atoms with Crippen molar-refractivity contribution in [2.75, 3.05) is 38.0 Å². The third kappa shape index (κ3) is 3.41. The molecule has 1 saturated heterocycles. The standard InChI is InChI=1S/C12H16N4O3/c17-12(15-7-5-13-6-8-15)9-14-10-3-1-2-4-11(10)16(18)19/h1-4,13-14H,5-9H2. The van der Waals surface area contributed by atoms with Crippen LogP contribution >= 0.6 is 0 Å². The van der Waals surface area contributed by atoms with E-state index in [4.69, 9.17) is 0 Å². The fourth-order valence-corrected chi connectivity index (χ4v) is 1.98. The summed E-state index contributed by atoms with van der Waals surface area (Å²) in [5, 5.41) is 16.8. The van der Waals surface area contributed by atoms with Gasteiger partial charge in [-0.3, -0.25) is 14.9 Å². The molecule has 0 aromatic heterocycles. The van der Waals surface area contributed by atoms with Crippen molar-refractivity contribution in [3.8, 4) is 0 Å². The van der Waals surface area contributed by atoms with Crippen LogP contribution in [0.2, 0.25) is 0 Å². The molecule has 2 rings (SSSR count). The lowest BCUT2D eigenvalue weighted by Gasteiger charge is -2.27. The molecular formula is C12H16N4O3. The number of nitrogens with zero attached hydrogens (tertiary/aromatic N) is 2. The zero-order chi connectivity index (χ0) is 13.7. The second-order valence-corrected chi connectivity index (χ2v) is 4.26. The Labute approximate surface area is 110 Å². The minimum Gasteiger partial charge on any atom is -0.371 e. The molecule has 0 unspecified atom stereocenters. The number of hydrogen-bond donors (Lipinski definition) is 2. The van der Waals surface area contributed by atoms with E-state index in [1.165, 1.54) is 6.07 Å². The minimum atomic E-state index is -0.461. The number of benzene rings is 1. The summed E-state index contributed by atoms with van der Waals surface area (Å²) in [6.07, 6.45) is 0. The number of carbonyl (C=O) groups excluding carboxylic acids is 1. The third-order valence-corrected chi connectivity index (χ3v) is 3.00. The molecule has 1 aromatic carbocycles. The molecule has 19 heavy (non-hydrogen) atoms. The highest BCUT2D eigenvalue weighted by Gasteiger charge is 2.17. The van der Waals surface area contributed by atoms with Crippen LogP contribution in [0.5, 0.6) is 0 Å². The summed E-state index contributed by atoms with van der Waals surface area (Å²) in [6, 6.07) is 6.31. The van der Waals surface area contributed by atoms with Crippen molar-refractivity contribution in [1.29, 1.82) is 0 Å². The van der Waals surface area contributed by atoms with Crippen molar-refractivity contribution >= 4 is 17.3 Å². The third-order valence-electron chi connectivity index (χ3n) is 3.00. The first-order chi connectivity index (χ1) is 9.18. The lowest BCUT2D eigenvalue weighted by Crippen LogP contribution is -2.48. The van der Waals surface area contributed by atoms with E-state index in [0.29, 0.717) is 18.8 Å². The summed E-state index contributed by atoms with van der Waals surface area (Å²) >= 11 is 0. The highest BCUT2D eigenvalue weighted by atomic mass is 16.6. The van der Waals surface area contributed by atoms with Crippen LogP contribution < -0.4 is 10.6 Å². The number of hydrogen-bond acceptors (Lipinski definition) is 5. The minimum absolute atomic E-state index is 0.0180. The van der Waals surface area contributed by atoms with E-state index in [1.54, 1.807) is 23.1 Å². The number of nitro benzene ring substituents is 1. The maximum Gasteiger partial charge on any atom is 0.292 e. The van der Waals surface area contributed by atoms with Gasteiger partial charge >= 0.3 is 0 Å². The fourth-order valence-electron chi connectivity index (χ4n) is 1.98. The molecule has 1 heterocycles. The van der Waals surface area contributed by atoms with Gasteiger partial charge in [-0.05, 0) is 6.07 Å². The van der Waals surface area contributed by atoms with Crippen LogP contribution in [0.3, 0.4) is 0 Å². The Morgan fingerprint density at radius 2 is 2.05 bits per heavy atom. The Morgan fingerprint density at radius 3 is 2.74 bits per heavy atom. The maximum atomic E-state index is 11.9. The summed E-state index contributed by atoms with van der Waals surface area (Å²) in [7, 11) is 0. The number of amides is 1. The van der Waals surface area contributed by atoms with E-state index in [9.17, 15) is 14.9 Å². The first-order valence-corrected chi connectivity index (χ1v) is 6.14. The van der Waals surface area contributed by atoms with E-state index in [0.717, 1.165) is 13.1 Å². The van der Waals surface area contributed by atoms with Crippen molar-refractivity contribution < 1.29 is 9.72 Å². The van der Waals surface area contributed by atoms with Crippen molar-refractivity contribution in [2.24, 2.45) is 0 Å². The molecule has 0 atom stereocenters. The predicted octanol–water partition coefficient (Wildman–Crippen LogP) is 0.438. The Balaban J connectivity index is 1.94. The number of anilines is 1. The average Bonchev–Trinajstić information content (AvgIpc) is 2.46. The van der Waals surface area contributed by atoms with E-state index in [-0.39, 0.29) is 18.1 Å². The number of nitro groups is 1. The summed E-state index contributed by atoms with van der Waals surface area (Å²) in [5.41, 5.74) is 0.353. The molecule has 0 spiro atoms. The largest absolute Gasteiger partial charge is 0.371 e. The Morgan fingerprint density at radius 1 is 1.37 bits per heavy atom. The van der Waals surface area contributed by atoms with Gasteiger partial charge < -0.3 is 15.5 Å². The lowest BCUT2D eigenvalue weighted by molar-refractivity contribution is -0.383. The average molecular weight is 264 g/mol. The number of rotatable bonds is 4. The van der Waals surface area contributed by atoms with Gasteiger partial charge in [0.05, 0.1) is 11.5 Å². The summed E-state index contributed by atoms with van der Waals surface area (Å²) < 4.78 is 0. The Bertz CT molecular complexity index is 472. The molecule has 0 saturated carbocycles. The van der Waals surface area contributed by atoms with Crippen molar-refractivity contribution in [2.45, 2.75) is 0 Å². The van der Waals surface area contributed by atoms with Gasteiger partial charge in [-0.1, -0.05) is 12.1 Å². The van der Waals surface area contributed by atoms with Gasteiger partial charge in [0.2, 0.25) is 5.91 Å². The van der Waals surface area contributed by atoms with Gasteiger partial charge in [0.15, 0.2) is 0 Å². The molecule has 1 aliphatic heterocycles. The van der Waals surface area contributed by atoms with Crippen molar-refractivity contribution in [3.05, 3.63) is 34.4 Å². The predicted molar refractivity (Wildman–Crippen MR) is 71.0 cm³/mol. The van der Waals surface area contributed by atoms with Gasteiger partial charge in [-0.25, -0.2) is 0 Å². The highest BCUT2D eigenvalue weighted by molar-refractivity contribution is 5.82. The van der Waals surface area contributed by atoms with Gasteiger partial charge in [0.1, 0.15) is 5.69 Å².